The summed E-state index contributed by atoms with van der Waals surface area (Å²) >= 11 is 0. The SMILES string of the molecule is CCNCc1cncc(-c2cnc3[nH]nc(C4Nc5ccc6ccccc6c5N4)c3c2)c1C. The van der Waals surface area contributed by atoms with Crippen LogP contribution in [0.4, 0.5) is 11.4 Å². The van der Waals surface area contributed by atoms with Crippen molar-refractivity contribution in [1.82, 2.24) is 25.5 Å². The minimum absolute atomic E-state index is 0.143. The van der Waals surface area contributed by atoms with Crippen LogP contribution in [0.1, 0.15) is 29.9 Å². The molecule has 7 heteroatoms. The molecule has 5 aromatic rings. The number of hydrogen-bond acceptors (Lipinski definition) is 6. The van der Waals surface area contributed by atoms with Gasteiger partial charge in [-0.25, -0.2) is 4.98 Å². The van der Waals surface area contributed by atoms with Gasteiger partial charge in [-0.3, -0.25) is 10.1 Å². The molecule has 1 atom stereocenters. The third-order valence-electron chi connectivity index (χ3n) is 6.43. The van der Waals surface area contributed by atoms with Crippen molar-refractivity contribution in [3.63, 3.8) is 0 Å². The molecule has 1 unspecified atom stereocenters. The van der Waals surface area contributed by atoms with Crippen LogP contribution in [0.5, 0.6) is 0 Å². The number of hydrogen-bond donors (Lipinski definition) is 4. The van der Waals surface area contributed by atoms with Gasteiger partial charge in [0.15, 0.2) is 5.65 Å². The Morgan fingerprint density at radius 1 is 1.00 bits per heavy atom. The Morgan fingerprint density at radius 3 is 2.82 bits per heavy atom. The zero-order chi connectivity index (χ0) is 22.4. The van der Waals surface area contributed by atoms with Crippen molar-refractivity contribution in [2.75, 3.05) is 17.2 Å². The van der Waals surface area contributed by atoms with Crippen molar-refractivity contribution in [3.05, 3.63) is 77.9 Å². The highest BCUT2D eigenvalue weighted by molar-refractivity contribution is 6.02. The van der Waals surface area contributed by atoms with E-state index in [1.165, 1.54) is 21.9 Å². The Morgan fingerprint density at radius 2 is 1.91 bits per heavy atom. The maximum Gasteiger partial charge on any atom is 0.155 e. The average Bonchev–Trinajstić information content (AvgIpc) is 3.47. The minimum Gasteiger partial charge on any atom is -0.359 e. The number of pyridine rings is 2. The molecule has 1 aliphatic rings. The summed E-state index contributed by atoms with van der Waals surface area (Å²) in [7, 11) is 0. The Balaban J connectivity index is 1.39. The number of benzene rings is 2. The number of rotatable bonds is 5. The summed E-state index contributed by atoms with van der Waals surface area (Å²) in [5.74, 6) is 0. The molecule has 1 aliphatic heterocycles. The molecule has 0 saturated heterocycles. The molecular weight excluding hydrogens is 410 g/mol. The molecule has 4 N–H and O–H groups in total. The fourth-order valence-corrected chi connectivity index (χ4v) is 4.61. The Labute approximate surface area is 191 Å². The van der Waals surface area contributed by atoms with Gasteiger partial charge in [-0.05, 0) is 42.1 Å². The number of fused-ring (bicyclic) bond motifs is 4. The van der Waals surface area contributed by atoms with Gasteiger partial charge in [0.25, 0.3) is 0 Å². The number of aromatic nitrogens is 4. The second-order valence-electron chi connectivity index (χ2n) is 8.41. The van der Waals surface area contributed by atoms with E-state index >= 15 is 0 Å². The second kappa shape index (κ2) is 7.86. The van der Waals surface area contributed by atoms with Gasteiger partial charge in [-0.2, -0.15) is 5.10 Å². The highest BCUT2D eigenvalue weighted by Crippen LogP contribution is 2.41. The van der Waals surface area contributed by atoms with Gasteiger partial charge < -0.3 is 16.0 Å². The molecule has 2 aromatic carbocycles. The molecule has 164 valence electrons. The van der Waals surface area contributed by atoms with Crippen molar-refractivity contribution in [2.24, 2.45) is 0 Å². The lowest BCUT2D eigenvalue weighted by Gasteiger charge is -2.12. The van der Waals surface area contributed by atoms with Crippen LogP contribution in [0.15, 0.2) is 61.1 Å². The van der Waals surface area contributed by atoms with Crippen LogP contribution in [0, 0.1) is 6.92 Å². The quantitative estimate of drug-likeness (QED) is 0.306. The number of H-pyrrole nitrogens is 1. The predicted octanol–water partition coefficient (Wildman–Crippen LogP) is 5.13. The minimum atomic E-state index is -0.143. The maximum atomic E-state index is 4.66. The zero-order valence-electron chi connectivity index (χ0n) is 18.6. The van der Waals surface area contributed by atoms with E-state index in [0.29, 0.717) is 0 Å². The van der Waals surface area contributed by atoms with Crippen molar-refractivity contribution in [3.8, 4) is 11.1 Å². The number of nitrogens with zero attached hydrogens (tertiary/aromatic N) is 3. The van der Waals surface area contributed by atoms with Gasteiger partial charge in [0, 0.05) is 47.0 Å². The molecule has 4 heterocycles. The van der Waals surface area contributed by atoms with Gasteiger partial charge in [-0.1, -0.05) is 37.3 Å². The van der Waals surface area contributed by atoms with Gasteiger partial charge in [0.1, 0.15) is 11.9 Å². The van der Waals surface area contributed by atoms with Gasteiger partial charge in [-0.15, -0.1) is 0 Å². The zero-order valence-corrected chi connectivity index (χ0v) is 18.6. The number of nitrogens with one attached hydrogen (secondary N) is 4. The Kier molecular flexibility index (Phi) is 4.69. The first-order valence-electron chi connectivity index (χ1n) is 11.3. The predicted molar refractivity (Wildman–Crippen MR) is 133 cm³/mol. The van der Waals surface area contributed by atoms with Crippen molar-refractivity contribution in [1.29, 1.82) is 0 Å². The first-order valence-corrected chi connectivity index (χ1v) is 11.3. The molecule has 7 nitrogen and oxygen atoms in total. The smallest absolute Gasteiger partial charge is 0.155 e. The van der Waals surface area contributed by atoms with E-state index in [0.717, 1.165) is 52.3 Å². The summed E-state index contributed by atoms with van der Waals surface area (Å²) in [6, 6.07) is 14.8. The summed E-state index contributed by atoms with van der Waals surface area (Å²) in [6.45, 7) is 5.98. The van der Waals surface area contributed by atoms with Crippen LogP contribution >= 0.6 is 0 Å². The molecule has 3 aromatic heterocycles. The molecule has 33 heavy (non-hydrogen) atoms. The molecule has 0 amide bonds. The van der Waals surface area contributed by atoms with Gasteiger partial charge in [0.2, 0.25) is 0 Å². The molecule has 0 aliphatic carbocycles. The van der Waals surface area contributed by atoms with E-state index in [2.05, 4.69) is 92.4 Å². The summed E-state index contributed by atoms with van der Waals surface area (Å²) in [5.41, 5.74) is 8.39. The fourth-order valence-electron chi connectivity index (χ4n) is 4.61. The lowest BCUT2D eigenvalue weighted by molar-refractivity contribution is 0.721. The van der Waals surface area contributed by atoms with Crippen molar-refractivity contribution in [2.45, 2.75) is 26.6 Å². The summed E-state index contributed by atoms with van der Waals surface area (Å²) in [5, 5.41) is 21.7. The molecule has 0 fully saturated rings. The highest BCUT2D eigenvalue weighted by atomic mass is 15.3. The van der Waals surface area contributed by atoms with Crippen LogP contribution in [0.25, 0.3) is 32.9 Å². The molecular formula is C26H25N7. The largest absolute Gasteiger partial charge is 0.359 e. The van der Waals surface area contributed by atoms with Crippen LogP contribution in [-0.2, 0) is 6.54 Å². The van der Waals surface area contributed by atoms with E-state index < -0.39 is 0 Å². The number of anilines is 2. The Bertz CT molecular complexity index is 1490. The standard InChI is InChI=1S/C26H25N7/c1-3-27-11-18-12-28-14-21(15(18)2)17-10-20-24(32-33-25(20)29-13-17)26-30-22-9-8-16-6-4-5-7-19(16)23(22)31-26/h4-10,12-14,26-27,30-31H,3,11H2,1-2H3,(H,29,32,33). The first kappa shape index (κ1) is 19.7. The van der Waals surface area contributed by atoms with E-state index in [-0.39, 0.29) is 6.17 Å². The molecule has 0 spiro atoms. The average molecular weight is 436 g/mol. The number of aromatic amines is 1. The summed E-state index contributed by atoms with van der Waals surface area (Å²) in [6.07, 6.45) is 5.60. The normalized spacial score (nSPS) is 14.9. The Hall–Kier alpha value is -3.97. The van der Waals surface area contributed by atoms with Crippen LogP contribution < -0.4 is 16.0 Å². The van der Waals surface area contributed by atoms with Crippen LogP contribution in [0.3, 0.4) is 0 Å². The second-order valence-corrected chi connectivity index (χ2v) is 8.41. The van der Waals surface area contributed by atoms with E-state index in [4.69, 9.17) is 0 Å². The monoisotopic (exact) mass is 435 g/mol. The highest BCUT2D eigenvalue weighted by Gasteiger charge is 2.26. The van der Waals surface area contributed by atoms with E-state index in [9.17, 15) is 0 Å². The maximum absolute atomic E-state index is 4.66. The van der Waals surface area contributed by atoms with Crippen molar-refractivity contribution < 1.29 is 0 Å². The lowest BCUT2D eigenvalue weighted by atomic mass is 9.99. The topological polar surface area (TPSA) is 90.6 Å². The molecule has 0 bridgehead atoms. The lowest BCUT2D eigenvalue weighted by Crippen LogP contribution is -2.13. The summed E-state index contributed by atoms with van der Waals surface area (Å²) in [4.78, 5) is 9.15. The van der Waals surface area contributed by atoms with Gasteiger partial charge in [0.05, 0.1) is 11.4 Å². The molecule has 6 rings (SSSR count). The van der Waals surface area contributed by atoms with E-state index in [1.54, 1.807) is 0 Å². The molecule has 0 saturated carbocycles. The van der Waals surface area contributed by atoms with Crippen LogP contribution in [-0.4, -0.2) is 26.7 Å². The van der Waals surface area contributed by atoms with Crippen LogP contribution in [0.2, 0.25) is 0 Å². The first-order chi connectivity index (χ1) is 16.2. The molecule has 0 radical (unpaired) electrons. The fraction of sp³-hybridized carbons (Fsp3) is 0.192. The van der Waals surface area contributed by atoms with Crippen molar-refractivity contribution >= 4 is 33.2 Å². The third kappa shape index (κ3) is 3.29. The van der Waals surface area contributed by atoms with Gasteiger partial charge >= 0.3 is 0 Å². The summed E-state index contributed by atoms with van der Waals surface area (Å²) < 4.78 is 0. The van der Waals surface area contributed by atoms with E-state index in [1.807, 2.05) is 18.6 Å². The third-order valence-corrected chi connectivity index (χ3v) is 6.43.